The van der Waals surface area contributed by atoms with Gasteiger partial charge in [0.25, 0.3) is 0 Å². The Hall–Kier alpha value is -2.21. The number of methoxy groups -OCH3 is 1. The topological polar surface area (TPSA) is 58.6 Å². The molecule has 0 N–H and O–H groups in total. The summed E-state index contributed by atoms with van der Waals surface area (Å²) in [5.41, 5.74) is 4.55. The molecule has 1 aromatic heterocycles. The van der Waals surface area contributed by atoms with E-state index in [0.717, 1.165) is 74.4 Å². The van der Waals surface area contributed by atoms with Gasteiger partial charge in [-0.3, -0.25) is 4.79 Å². The highest BCUT2D eigenvalue weighted by molar-refractivity contribution is 5.83. The number of amides is 1. The lowest BCUT2D eigenvalue weighted by Gasteiger charge is -2.37. The van der Waals surface area contributed by atoms with Crippen molar-refractivity contribution >= 4 is 22.8 Å². The lowest BCUT2D eigenvalue weighted by molar-refractivity contribution is -0.139. The van der Waals surface area contributed by atoms with E-state index in [0.29, 0.717) is 5.91 Å². The van der Waals surface area contributed by atoms with Crippen LogP contribution in [-0.2, 0) is 9.53 Å². The number of ether oxygens (including phenoxy) is 1. The summed E-state index contributed by atoms with van der Waals surface area (Å²) in [5.74, 6) is 1.20. The predicted octanol–water partition coefficient (Wildman–Crippen LogP) is 3.41. The molecule has 3 heterocycles. The van der Waals surface area contributed by atoms with Crippen LogP contribution < -0.4 is 4.90 Å². The molecule has 2 aliphatic rings. The molecule has 0 aliphatic carbocycles. The summed E-state index contributed by atoms with van der Waals surface area (Å²) in [6.07, 6.45) is 4.00. The number of nitrogens with zero attached hydrogens (tertiary/aromatic N) is 4. The number of hydrogen-bond donors (Lipinski definition) is 0. The van der Waals surface area contributed by atoms with E-state index in [-0.39, 0.29) is 12.0 Å². The molecular weight excluding hydrogens is 364 g/mol. The molecule has 2 aliphatic heterocycles. The van der Waals surface area contributed by atoms with Crippen molar-refractivity contribution in [1.29, 1.82) is 0 Å². The van der Waals surface area contributed by atoms with E-state index in [1.165, 1.54) is 11.1 Å². The fourth-order valence-electron chi connectivity index (χ4n) is 4.58. The van der Waals surface area contributed by atoms with Gasteiger partial charge in [-0.15, -0.1) is 0 Å². The second-order valence-corrected chi connectivity index (χ2v) is 8.61. The van der Waals surface area contributed by atoms with E-state index < -0.39 is 0 Å². The average molecular weight is 397 g/mol. The van der Waals surface area contributed by atoms with Crippen molar-refractivity contribution < 1.29 is 9.53 Å². The molecule has 6 nitrogen and oxygen atoms in total. The van der Waals surface area contributed by atoms with Crippen LogP contribution in [0.5, 0.6) is 0 Å². The molecule has 1 amide bonds. The SMILES string of the molecule is CO[C@@H]1CCCN(C(=O)C2CCN(c3nc(C)c4cc(C)c(C)cc4n3)CC2)C1. The van der Waals surface area contributed by atoms with Crippen molar-refractivity contribution in [3.8, 4) is 0 Å². The Kier molecular flexibility index (Phi) is 5.72. The van der Waals surface area contributed by atoms with Gasteiger partial charge in [-0.25, -0.2) is 9.97 Å². The zero-order valence-corrected chi connectivity index (χ0v) is 18.1. The quantitative estimate of drug-likeness (QED) is 0.796. The van der Waals surface area contributed by atoms with Crippen LogP contribution in [0.25, 0.3) is 10.9 Å². The average Bonchev–Trinajstić information content (AvgIpc) is 2.74. The molecule has 156 valence electrons. The van der Waals surface area contributed by atoms with Gasteiger partial charge in [-0.2, -0.15) is 0 Å². The minimum absolute atomic E-state index is 0.105. The number of aromatic nitrogens is 2. The Balaban J connectivity index is 1.44. The molecule has 6 heteroatoms. The van der Waals surface area contributed by atoms with E-state index >= 15 is 0 Å². The second kappa shape index (κ2) is 8.27. The van der Waals surface area contributed by atoms with Crippen molar-refractivity contribution in [1.82, 2.24) is 14.9 Å². The molecule has 0 spiro atoms. The first-order chi connectivity index (χ1) is 14.0. The monoisotopic (exact) mass is 396 g/mol. The first-order valence-electron chi connectivity index (χ1n) is 10.8. The zero-order chi connectivity index (χ0) is 20.5. The minimum Gasteiger partial charge on any atom is -0.380 e. The summed E-state index contributed by atoms with van der Waals surface area (Å²) >= 11 is 0. The van der Waals surface area contributed by atoms with Crippen LogP contribution in [-0.4, -0.2) is 60.2 Å². The minimum atomic E-state index is 0.105. The van der Waals surface area contributed by atoms with Crippen molar-refractivity contribution in [2.24, 2.45) is 5.92 Å². The molecule has 29 heavy (non-hydrogen) atoms. The third-order valence-electron chi connectivity index (χ3n) is 6.64. The molecule has 4 rings (SSSR count). The number of rotatable bonds is 3. The highest BCUT2D eigenvalue weighted by atomic mass is 16.5. The van der Waals surface area contributed by atoms with Gasteiger partial charge < -0.3 is 14.5 Å². The predicted molar refractivity (Wildman–Crippen MR) is 115 cm³/mol. The van der Waals surface area contributed by atoms with Gasteiger partial charge in [0.15, 0.2) is 0 Å². The number of hydrogen-bond acceptors (Lipinski definition) is 5. The maximum Gasteiger partial charge on any atom is 0.226 e. The number of piperidine rings is 2. The van der Waals surface area contributed by atoms with Crippen LogP contribution in [0, 0.1) is 26.7 Å². The number of likely N-dealkylation sites (tertiary alicyclic amines) is 1. The number of carbonyl (C=O) groups excluding carboxylic acids is 1. The molecule has 0 saturated carbocycles. The number of benzene rings is 1. The highest BCUT2D eigenvalue weighted by Crippen LogP contribution is 2.27. The first kappa shape index (κ1) is 20.1. The van der Waals surface area contributed by atoms with E-state index in [4.69, 9.17) is 14.7 Å². The molecule has 0 bridgehead atoms. The van der Waals surface area contributed by atoms with Gasteiger partial charge >= 0.3 is 0 Å². The summed E-state index contributed by atoms with van der Waals surface area (Å²) in [5, 5.41) is 1.12. The fraction of sp³-hybridized carbons (Fsp3) is 0.609. The smallest absolute Gasteiger partial charge is 0.226 e. The third kappa shape index (κ3) is 4.08. The molecular formula is C23H32N4O2. The molecule has 2 fully saturated rings. The standard InChI is InChI=1S/C23H32N4O2/c1-15-12-20-17(3)24-23(25-21(20)13-16(15)2)26-10-7-18(8-11-26)22(28)27-9-5-6-19(14-27)29-4/h12-13,18-19H,5-11,14H2,1-4H3/t19-/m1/s1. The Labute approximate surface area is 173 Å². The van der Waals surface area contributed by atoms with Crippen LogP contribution in [0.2, 0.25) is 0 Å². The third-order valence-corrected chi connectivity index (χ3v) is 6.64. The largest absolute Gasteiger partial charge is 0.380 e. The number of fused-ring (bicyclic) bond motifs is 1. The maximum absolute atomic E-state index is 13.0. The van der Waals surface area contributed by atoms with Crippen LogP contribution in [0.3, 0.4) is 0 Å². The van der Waals surface area contributed by atoms with Crippen LogP contribution in [0.1, 0.15) is 42.5 Å². The van der Waals surface area contributed by atoms with Crippen molar-refractivity contribution in [2.45, 2.75) is 52.6 Å². The van der Waals surface area contributed by atoms with Crippen LogP contribution >= 0.6 is 0 Å². The first-order valence-corrected chi connectivity index (χ1v) is 10.8. The van der Waals surface area contributed by atoms with Gasteiger partial charge in [0, 0.05) is 44.6 Å². The Bertz CT molecular complexity index is 905. The molecule has 0 radical (unpaired) electrons. The van der Waals surface area contributed by atoms with E-state index in [1.54, 1.807) is 7.11 Å². The fourth-order valence-corrected chi connectivity index (χ4v) is 4.58. The number of carbonyl (C=O) groups is 1. The summed E-state index contributed by atoms with van der Waals surface area (Å²) in [7, 11) is 1.74. The van der Waals surface area contributed by atoms with Gasteiger partial charge in [-0.05, 0) is 69.7 Å². The van der Waals surface area contributed by atoms with Gasteiger partial charge in [0.2, 0.25) is 11.9 Å². The number of aryl methyl sites for hydroxylation is 3. The van der Waals surface area contributed by atoms with Crippen molar-refractivity contribution in [3.05, 3.63) is 29.0 Å². The normalized spacial score (nSPS) is 21.0. The van der Waals surface area contributed by atoms with Crippen molar-refractivity contribution in [3.63, 3.8) is 0 Å². The summed E-state index contributed by atoms with van der Waals surface area (Å²) in [4.78, 5) is 26.9. The van der Waals surface area contributed by atoms with E-state index in [1.807, 2.05) is 4.90 Å². The molecule has 1 aromatic carbocycles. The molecule has 2 aromatic rings. The van der Waals surface area contributed by atoms with E-state index in [9.17, 15) is 4.79 Å². The van der Waals surface area contributed by atoms with Crippen LogP contribution in [0.15, 0.2) is 12.1 Å². The summed E-state index contributed by atoms with van der Waals surface area (Å²) in [6.45, 7) is 9.56. The Morgan fingerprint density at radius 2 is 1.76 bits per heavy atom. The molecule has 2 saturated heterocycles. The lowest BCUT2D eigenvalue weighted by atomic mass is 9.94. The maximum atomic E-state index is 13.0. The Morgan fingerprint density at radius 3 is 2.48 bits per heavy atom. The van der Waals surface area contributed by atoms with E-state index in [2.05, 4.69) is 37.8 Å². The zero-order valence-electron chi connectivity index (χ0n) is 18.1. The highest BCUT2D eigenvalue weighted by Gasteiger charge is 2.32. The molecule has 1 atom stereocenters. The van der Waals surface area contributed by atoms with Gasteiger partial charge in [0.1, 0.15) is 0 Å². The summed E-state index contributed by atoms with van der Waals surface area (Å²) in [6, 6.07) is 4.34. The van der Waals surface area contributed by atoms with Gasteiger partial charge in [-0.1, -0.05) is 0 Å². The molecule has 0 unspecified atom stereocenters. The van der Waals surface area contributed by atoms with Crippen LogP contribution in [0.4, 0.5) is 5.95 Å². The second-order valence-electron chi connectivity index (χ2n) is 8.61. The van der Waals surface area contributed by atoms with Crippen molar-refractivity contribution in [2.75, 3.05) is 38.2 Å². The number of anilines is 1. The lowest BCUT2D eigenvalue weighted by Crippen LogP contribution is -2.48. The van der Waals surface area contributed by atoms with Gasteiger partial charge in [0.05, 0.1) is 17.3 Å². The summed E-state index contributed by atoms with van der Waals surface area (Å²) < 4.78 is 5.48. The Morgan fingerprint density at radius 1 is 1.03 bits per heavy atom.